The number of rotatable bonds is 1. The maximum atomic E-state index is 11.7. The topological polar surface area (TPSA) is 54.9 Å². The van der Waals surface area contributed by atoms with Crippen molar-refractivity contribution in [2.45, 2.75) is 20.3 Å². The van der Waals surface area contributed by atoms with Crippen molar-refractivity contribution in [3.63, 3.8) is 0 Å². The number of carbonyl (C=O) groups is 1. The normalized spacial score (nSPS) is 17.8. The van der Waals surface area contributed by atoms with Gasteiger partial charge in [0.1, 0.15) is 5.82 Å². The van der Waals surface area contributed by atoms with Gasteiger partial charge in [-0.2, -0.15) is 0 Å². The second-order valence-electron chi connectivity index (χ2n) is 4.92. The van der Waals surface area contributed by atoms with Gasteiger partial charge in [0.15, 0.2) is 5.82 Å². The molecule has 0 saturated carbocycles. The van der Waals surface area contributed by atoms with Crippen molar-refractivity contribution < 1.29 is 4.79 Å². The highest BCUT2D eigenvalue weighted by Gasteiger charge is 2.25. The van der Waals surface area contributed by atoms with Gasteiger partial charge in [0.2, 0.25) is 5.91 Å². The van der Waals surface area contributed by atoms with Crippen LogP contribution in [0.4, 0.5) is 5.82 Å². The van der Waals surface area contributed by atoms with Gasteiger partial charge in [-0.25, -0.2) is 9.97 Å². The van der Waals surface area contributed by atoms with Crippen molar-refractivity contribution in [2.24, 2.45) is 5.92 Å². The second kappa shape index (κ2) is 4.46. The predicted octanol–water partition coefficient (Wildman–Crippen LogP) is 2.58. The Morgan fingerprint density at radius 2 is 1.95 bits per heavy atom. The van der Waals surface area contributed by atoms with Crippen molar-refractivity contribution in [1.29, 1.82) is 0 Å². The van der Waals surface area contributed by atoms with Crippen LogP contribution < -0.4 is 5.32 Å². The lowest BCUT2D eigenvalue weighted by molar-refractivity contribution is -0.119. The standard InChI is InChI=1S/C15H15N3O/c1-9-8-12-10(2)16-13(11-6-4-3-5-7-11)17-14(12)18-15(9)19/h3-7,9H,8H2,1-2H3,(H,16,17,18,19). The first-order valence-corrected chi connectivity index (χ1v) is 6.39. The number of anilines is 1. The molecule has 1 unspecified atom stereocenters. The van der Waals surface area contributed by atoms with Crippen LogP contribution in [0.5, 0.6) is 0 Å². The molecule has 4 nitrogen and oxygen atoms in total. The molecule has 0 fully saturated rings. The lowest BCUT2D eigenvalue weighted by atomic mass is 9.96. The molecular formula is C15H15N3O. The van der Waals surface area contributed by atoms with E-state index in [1.807, 2.05) is 44.2 Å². The molecule has 2 aromatic rings. The number of carbonyl (C=O) groups excluding carboxylic acids is 1. The Labute approximate surface area is 111 Å². The second-order valence-corrected chi connectivity index (χ2v) is 4.92. The highest BCUT2D eigenvalue weighted by molar-refractivity contribution is 5.94. The van der Waals surface area contributed by atoms with Crippen LogP contribution in [0.1, 0.15) is 18.2 Å². The summed E-state index contributed by atoms with van der Waals surface area (Å²) < 4.78 is 0. The minimum atomic E-state index is -0.0163. The summed E-state index contributed by atoms with van der Waals surface area (Å²) in [6.07, 6.45) is 0.710. The summed E-state index contributed by atoms with van der Waals surface area (Å²) in [5.41, 5.74) is 2.95. The van der Waals surface area contributed by atoms with E-state index in [1.54, 1.807) is 0 Å². The van der Waals surface area contributed by atoms with E-state index in [-0.39, 0.29) is 11.8 Å². The molecular weight excluding hydrogens is 238 g/mol. The summed E-state index contributed by atoms with van der Waals surface area (Å²) in [6.45, 7) is 3.89. The van der Waals surface area contributed by atoms with Gasteiger partial charge in [-0.1, -0.05) is 37.3 Å². The van der Waals surface area contributed by atoms with Crippen LogP contribution in [0.2, 0.25) is 0 Å². The molecule has 0 bridgehead atoms. The average Bonchev–Trinajstić information content (AvgIpc) is 2.42. The number of benzene rings is 1. The zero-order chi connectivity index (χ0) is 13.4. The average molecular weight is 253 g/mol. The van der Waals surface area contributed by atoms with Gasteiger partial charge in [-0.3, -0.25) is 4.79 Å². The van der Waals surface area contributed by atoms with Crippen LogP contribution in [0, 0.1) is 12.8 Å². The van der Waals surface area contributed by atoms with Gasteiger partial charge in [0.05, 0.1) is 0 Å². The van der Waals surface area contributed by atoms with Crippen LogP contribution in [-0.4, -0.2) is 15.9 Å². The fraction of sp³-hybridized carbons (Fsp3) is 0.267. The van der Waals surface area contributed by atoms with Gasteiger partial charge in [0, 0.05) is 22.7 Å². The highest BCUT2D eigenvalue weighted by atomic mass is 16.2. The first kappa shape index (κ1) is 11.8. The molecule has 19 heavy (non-hydrogen) atoms. The van der Waals surface area contributed by atoms with E-state index in [9.17, 15) is 4.79 Å². The molecule has 4 heteroatoms. The smallest absolute Gasteiger partial charge is 0.228 e. The summed E-state index contributed by atoms with van der Waals surface area (Å²) >= 11 is 0. The fourth-order valence-corrected chi connectivity index (χ4v) is 2.30. The monoisotopic (exact) mass is 253 g/mol. The molecule has 1 amide bonds. The zero-order valence-corrected chi connectivity index (χ0v) is 11.0. The Bertz CT molecular complexity index is 637. The highest BCUT2D eigenvalue weighted by Crippen LogP contribution is 2.28. The fourth-order valence-electron chi connectivity index (χ4n) is 2.30. The van der Waals surface area contributed by atoms with E-state index in [1.165, 1.54) is 0 Å². The molecule has 0 aliphatic carbocycles. The maximum Gasteiger partial charge on any atom is 0.228 e. The van der Waals surface area contributed by atoms with Crippen molar-refractivity contribution >= 4 is 11.7 Å². The van der Waals surface area contributed by atoms with Gasteiger partial charge in [-0.05, 0) is 13.3 Å². The molecule has 0 spiro atoms. The molecule has 1 aliphatic heterocycles. The van der Waals surface area contributed by atoms with E-state index in [0.717, 1.165) is 16.8 Å². The van der Waals surface area contributed by atoms with Gasteiger partial charge in [0.25, 0.3) is 0 Å². The number of fused-ring (bicyclic) bond motifs is 1. The van der Waals surface area contributed by atoms with Crippen LogP contribution in [0.15, 0.2) is 30.3 Å². The third-order valence-corrected chi connectivity index (χ3v) is 3.45. The van der Waals surface area contributed by atoms with Crippen molar-refractivity contribution in [3.8, 4) is 11.4 Å². The molecule has 3 rings (SSSR count). The van der Waals surface area contributed by atoms with Crippen LogP contribution in [0.25, 0.3) is 11.4 Å². The van der Waals surface area contributed by atoms with E-state index >= 15 is 0 Å². The number of aromatic nitrogens is 2. The minimum Gasteiger partial charge on any atom is -0.310 e. The molecule has 0 radical (unpaired) electrons. The van der Waals surface area contributed by atoms with Crippen LogP contribution in [-0.2, 0) is 11.2 Å². The summed E-state index contributed by atoms with van der Waals surface area (Å²) in [7, 11) is 0. The summed E-state index contributed by atoms with van der Waals surface area (Å²) in [6, 6.07) is 9.79. The molecule has 1 aromatic carbocycles. The molecule has 96 valence electrons. The van der Waals surface area contributed by atoms with E-state index in [2.05, 4.69) is 15.3 Å². The summed E-state index contributed by atoms with van der Waals surface area (Å²) in [4.78, 5) is 20.8. The Kier molecular flexibility index (Phi) is 2.78. The largest absolute Gasteiger partial charge is 0.310 e. The molecule has 1 aromatic heterocycles. The number of hydrogen-bond donors (Lipinski definition) is 1. The van der Waals surface area contributed by atoms with Gasteiger partial charge < -0.3 is 5.32 Å². The number of nitrogens with one attached hydrogen (secondary N) is 1. The zero-order valence-electron chi connectivity index (χ0n) is 11.0. The predicted molar refractivity (Wildman–Crippen MR) is 73.7 cm³/mol. The lowest BCUT2D eigenvalue weighted by Crippen LogP contribution is -2.29. The van der Waals surface area contributed by atoms with E-state index in [4.69, 9.17) is 0 Å². The molecule has 0 saturated heterocycles. The first-order valence-electron chi connectivity index (χ1n) is 6.39. The number of aryl methyl sites for hydroxylation is 1. The SMILES string of the molecule is Cc1nc(-c2ccccc2)nc2c1CC(C)C(=O)N2. The Hall–Kier alpha value is -2.23. The summed E-state index contributed by atoms with van der Waals surface area (Å²) in [5.74, 6) is 1.34. The number of hydrogen-bond acceptors (Lipinski definition) is 3. The van der Waals surface area contributed by atoms with Gasteiger partial charge in [-0.15, -0.1) is 0 Å². The van der Waals surface area contributed by atoms with Crippen LogP contribution in [0.3, 0.4) is 0 Å². The first-order chi connectivity index (χ1) is 9.15. The van der Waals surface area contributed by atoms with Crippen molar-refractivity contribution in [2.75, 3.05) is 5.32 Å². The summed E-state index contributed by atoms with van der Waals surface area (Å²) in [5, 5.41) is 2.87. The number of amides is 1. The Morgan fingerprint density at radius 3 is 2.68 bits per heavy atom. The quantitative estimate of drug-likeness (QED) is 0.849. The van der Waals surface area contributed by atoms with Gasteiger partial charge >= 0.3 is 0 Å². The minimum absolute atomic E-state index is 0.0163. The number of nitrogens with zero attached hydrogens (tertiary/aromatic N) is 2. The van der Waals surface area contributed by atoms with Crippen molar-refractivity contribution in [1.82, 2.24) is 9.97 Å². The Morgan fingerprint density at radius 1 is 1.21 bits per heavy atom. The third kappa shape index (κ3) is 2.10. The Balaban J connectivity index is 2.10. The molecule has 1 aliphatic rings. The maximum absolute atomic E-state index is 11.7. The molecule has 1 N–H and O–H groups in total. The van der Waals surface area contributed by atoms with Crippen molar-refractivity contribution in [3.05, 3.63) is 41.6 Å². The molecule has 2 heterocycles. The van der Waals surface area contributed by atoms with Crippen LogP contribution >= 0.6 is 0 Å². The third-order valence-electron chi connectivity index (χ3n) is 3.45. The van der Waals surface area contributed by atoms with E-state index < -0.39 is 0 Å². The van der Waals surface area contributed by atoms with E-state index in [0.29, 0.717) is 18.1 Å². The lowest BCUT2D eigenvalue weighted by Gasteiger charge is -2.22. The molecule has 1 atom stereocenters.